The molecule has 0 aliphatic heterocycles. The number of nitrogens with one attached hydrogen (secondary N) is 1. The molecule has 2 nitrogen and oxygen atoms in total. The lowest BCUT2D eigenvalue weighted by molar-refractivity contribution is 0.125. The van der Waals surface area contributed by atoms with Gasteiger partial charge in [0, 0.05) is 19.2 Å². The molecule has 14 heavy (non-hydrogen) atoms. The smallest absolute Gasteiger partial charge is 0.0744 e. The second kappa shape index (κ2) is 4.58. The minimum atomic E-state index is 0.462. The molecule has 1 saturated carbocycles. The van der Waals surface area contributed by atoms with Gasteiger partial charge in [-0.05, 0) is 18.9 Å². The molecule has 0 radical (unpaired) electrons. The van der Waals surface area contributed by atoms with Gasteiger partial charge in [-0.25, -0.2) is 0 Å². The number of hydrogen-bond donors (Lipinski definition) is 1. The van der Waals surface area contributed by atoms with Crippen LogP contribution in [-0.4, -0.2) is 18.8 Å². The lowest BCUT2D eigenvalue weighted by Gasteiger charge is -2.03. The van der Waals surface area contributed by atoms with Crippen molar-refractivity contribution in [1.82, 2.24) is 5.32 Å². The Morgan fingerprint density at radius 2 is 2.14 bits per heavy atom. The van der Waals surface area contributed by atoms with Gasteiger partial charge in [-0.2, -0.15) is 0 Å². The largest absolute Gasteiger partial charge is 0.377 e. The Labute approximate surface area is 85.3 Å². The highest BCUT2D eigenvalue weighted by molar-refractivity contribution is 5.14. The summed E-state index contributed by atoms with van der Waals surface area (Å²) >= 11 is 0. The highest BCUT2D eigenvalue weighted by Gasteiger charge is 2.37. The van der Waals surface area contributed by atoms with E-state index in [4.69, 9.17) is 4.74 Å². The van der Waals surface area contributed by atoms with Crippen LogP contribution in [0.25, 0.3) is 0 Å². The zero-order chi connectivity index (χ0) is 9.80. The fourth-order valence-corrected chi connectivity index (χ4v) is 1.63. The van der Waals surface area contributed by atoms with Crippen LogP contribution in [0.5, 0.6) is 0 Å². The fourth-order valence-electron chi connectivity index (χ4n) is 1.63. The van der Waals surface area contributed by atoms with Crippen LogP contribution < -0.4 is 5.32 Å². The standard InChI is InChI=1S/C12H17NO/c1-2-14-12-8-11(12)13-9-10-6-4-3-5-7-10/h3-7,11-13H,2,8-9H2,1H3/t11-,12+/m1/s1. The molecular formula is C12H17NO. The third-order valence-corrected chi connectivity index (χ3v) is 2.52. The Morgan fingerprint density at radius 3 is 2.86 bits per heavy atom. The number of benzene rings is 1. The fraction of sp³-hybridized carbons (Fsp3) is 0.500. The van der Waals surface area contributed by atoms with Crippen molar-refractivity contribution in [2.75, 3.05) is 6.61 Å². The van der Waals surface area contributed by atoms with Gasteiger partial charge in [-0.15, -0.1) is 0 Å². The summed E-state index contributed by atoms with van der Waals surface area (Å²) in [5, 5.41) is 3.48. The lowest BCUT2D eigenvalue weighted by atomic mass is 10.2. The molecule has 2 heteroatoms. The molecule has 0 amide bonds. The molecule has 0 saturated heterocycles. The summed E-state index contributed by atoms with van der Waals surface area (Å²) in [6.45, 7) is 3.83. The molecule has 2 rings (SSSR count). The van der Waals surface area contributed by atoms with E-state index in [1.54, 1.807) is 0 Å². The van der Waals surface area contributed by atoms with Gasteiger partial charge in [-0.1, -0.05) is 30.3 Å². The highest BCUT2D eigenvalue weighted by Crippen LogP contribution is 2.25. The van der Waals surface area contributed by atoms with E-state index in [2.05, 4.69) is 29.6 Å². The van der Waals surface area contributed by atoms with Gasteiger partial charge < -0.3 is 10.1 Å². The third-order valence-electron chi connectivity index (χ3n) is 2.52. The van der Waals surface area contributed by atoms with Crippen molar-refractivity contribution in [2.45, 2.75) is 32.0 Å². The number of rotatable bonds is 5. The summed E-state index contributed by atoms with van der Waals surface area (Å²) in [6.07, 6.45) is 1.63. The normalized spacial score (nSPS) is 24.9. The summed E-state index contributed by atoms with van der Waals surface area (Å²) in [7, 11) is 0. The van der Waals surface area contributed by atoms with Gasteiger partial charge in [0.05, 0.1) is 6.10 Å². The maximum Gasteiger partial charge on any atom is 0.0744 e. The topological polar surface area (TPSA) is 21.3 Å². The Morgan fingerprint density at radius 1 is 1.36 bits per heavy atom. The van der Waals surface area contributed by atoms with Crippen LogP contribution in [0, 0.1) is 0 Å². The predicted octanol–water partition coefficient (Wildman–Crippen LogP) is 1.95. The highest BCUT2D eigenvalue weighted by atomic mass is 16.5. The molecule has 1 fully saturated rings. The zero-order valence-corrected chi connectivity index (χ0v) is 8.57. The van der Waals surface area contributed by atoms with E-state index in [1.807, 2.05) is 13.0 Å². The van der Waals surface area contributed by atoms with Crippen LogP contribution in [-0.2, 0) is 11.3 Å². The SMILES string of the molecule is CCO[C@H]1C[C@H]1NCc1ccccc1. The van der Waals surface area contributed by atoms with E-state index < -0.39 is 0 Å². The average molecular weight is 191 g/mol. The van der Waals surface area contributed by atoms with Gasteiger partial charge in [0.1, 0.15) is 0 Å². The quantitative estimate of drug-likeness (QED) is 0.768. The molecule has 0 unspecified atom stereocenters. The van der Waals surface area contributed by atoms with Gasteiger partial charge in [0.15, 0.2) is 0 Å². The molecule has 2 atom stereocenters. The number of ether oxygens (including phenoxy) is 1. The molecule has 1 aromatic carbocycles. The summed E-state index contributed by atoms with van der Waals surface area (Å²) < 4.78 is 5.49. The molecule has 0 spiro atoms. The van der Waals surface area contributed by atoms with E-state index in [1.165, 1.54) is 12.0 Å². The van der Waals surface area contributed by atoms with Gasteiger partial charge in [0.25, 0.3) is 0 Å². The Kier molecular flexibility index (Phi) is 3.17. The van der Waals surface area contributed by atoms with Crippen molar-refractivity contribution in [3.05, 3.63) is 35.9 Å². The van der Waals surface area contributed by atoms with Gasteiger partial charge >= 0.3 is 0 Å². The molecular weight excluding hydrogens is 174 g/mol. The second-order valence-corrected chi connectivity index (χ2v) is 3.70. The maximum atomic E-state index is 5.49. The monoisotopic (exact) mass is 191 g/mol. The minimum absolute atomic E-state index is 0.462. The van der Waals surface area contributed by atoms with Crippen LogP contribution in [0.15, 0.2) is 30.3 Å². The minimum Gasteiger partial charge on any atom is -0.377 e. The summed E-state index contributed by atoms with van der Waals surface area (Å²) in [4.78, 5) is 0. The predicted molar refractivity (Wildman–Crippen MR) is 57.1 cm³/mol. The first-order valence-electron chi connectivity index (χ1n) is 5.29. The molecule has 0 heterocycles. The second-order valence-electron chi connectivity index (χ2n) is 3.70. The third kappa shape index (κ3) is 2.56. The number of hydrogen-bond acceptors (Lipinski definition) is 2. The van der Waals surface area contributed by atoms with Crippen molar-refractivity contribution in [3.63, 3.8) is 0 Å². The summed E-state index contributed by atoms with van der Waals surface area (Å²) in [6, 6.07) is 11.1. The Bertz CT molecular complexity index is 273. The maximum absolute atomic E-state index is 5.49. The van der Waals surface area contributed by atoms with Crippen molar-refractivity contribution >= 4 is 0 Å². The molecule has 1 aliphatic rings. The molecule has 0 aromatic heterocycles. The van der Waals surface area contributed by atoms with Crippen LogP contribution in [0.2, 0.25) is 0 Å². The summed E-state index contributed by atoms with van der Waals surface area (Å²) in [5.74, 6) is 0. The van der Waals surface area contributed by atoms with Crippen molar-refractivity contribution in [3.8, 4) is 0 Å². The van der Waals surface area contributed by atoms with Crippen LogP contribution in [0.1, 0.15) is 18.9 Å². The molecule has 1 N–H and O–H groups in total. The van der Waals surface area contributed by atoms with E-state index in [0.717, 1.165) is 13.2 Å². The summed E-state index contributed by atoms with van der Waals surface area (Å²) in [5.41, 5.74) is 1.34. The molecule has 1 aliphatic carbocycles. The molecule has 1 aromatic rings. The van der Waals surface area contributed by atoms with Crippen molar-refractivity contribution in [1.29, 1.82) is 0 Å². The first-order valence-corrected chi connectivity index (χ1v) is 5.29. The van der Waals surface area contributed by atoms with E-state index in [-0.39, 0.29) is 0 Å². The van der Waals surface area contributed by atoms with Crippen molar-refractivity contribution in [2.24, 2.45) is 0 Å². The van der Waals surface area contributed by atoms with Crippen LogP contribution in [0.3, 0.4) is 0 Å². The Hall–Kier alpha value is -0.860. The van der Waals surface area contributed by atoms with Gasteiger partial charge in [-0.3, -0.25) is 0 Å². The molecule has 76 valence electrons. The molecule has 0 bridgehead atoms. The van der Waals surface area contributed by atoms with Crippen LogP contribution in [0.4, 0.5) is 0 Å². The first-order chi connectivity index (χ1) is 6.90. The first kappa shape index (κ1) is 9.69. The van der Waals surface area contributed by atoms with E-state index in [9.17, 15) is 0 Å². The van der Waals surface area contributed by atoms with Crippen molar-refractivity contribution < 1.29 is 4.74 Å². The Balaban J connectivity index is 1.70. The van der Waals surface area contributed by atoms with E-state index in [0.29, 0.717) is 12.1 Å². The van der Waals surface area contributed by atoms with Crippen LogP contribution >= 0.6 is 0 Å². The van der Waals surface area contributed by atoms with E-state index >= 15 is 0 Å². The lowest BCUT2D eigenvalue weighted by Crippen LogP contribution is -2.19. The van der Waals surface area contributed by atoms with Gasteiger partial charge in [0.2, 0.25) is 0 Å². The zero-order valence-electron chi connectivity index (χ0n) is 8.57. The average Bonchev–Trinajstić information content (AvgIpc) is 2.96.